The topological polar surface area (TPSA) is 75.4 Å². The highest BCUT2D eigenvalue weighted by Gasteiger charge is 2.36. The van der Waals surface area contributed by atoms with E-state index in [1.165, 1.54) is 0 Å². The Morgan fingerprint density at radius 1 is 1.50 bits per heavy atom. The molecule has 18 heavy (non-hydrogen) atoms. The number of nitrogens with zero attached hydrogens (tertiary/aromatic N) is 1. The van der Waals surface area contributed by atoms with Crippen LogP contribution >= 0.6 is 0 Å². The van der Waals surface area contributed by atoms with E-state index in [4.69, 9.17) is 5.73 Å². The van der Waals surface area contributed by atoms with Crippen molar-refractivity contribution in [2.75, 3.05) is 13.1 Å². The number of carbonyl (C=O) groups excluding carboxylic acids is 2. The van der Waals surface area contributed by atoms with Gasteiger partial charge in [0.15, 0.2) is 0 Å². The van der Waals surface area contributed by atoms with Gasteiger partial charge in [0.2, 0.25) is 11.8 Å². The van der Waals surface area contributed by atoms with Gasteiger partial charge in [-0.3, -0.25) is 9.59 Å². The third-order valence-electron chi connectivity index (χ3n) is 4.25. The Morgan fingerprint density at radius 2 is 2.28 bits per heavy atom. The summed E-state index contributed by atoms with van der Waals surface area (Å²) in [6.45, 7) is 3.49. The van der Waals surface area contributed by atoms with Crippen molar-refractivity contribution < 1.29 is 9.59 Å². The molecule has 2 amide bonds. The molecule has 0 radical (unpaired) electrons. The molecule has 2 rings (SSSR count). The average Bonchev–Trinajstić information content (AvgIpc) is 2.83. The van der Waals surface area contributed by atoms with Gasteiger partial charge in [-0.1, -0.05) is 13.3 Å². The van der Waals surface area contributed by atoms with E-state index in [2.05, 4.69) is 12.2 Å². The molecule has 2 unspecified atom stereocenters. The standard InChI is InChI=1S/C13H23N3O2/c1-2-9-5-6-16(10(7-9)8-14)13(18)11-3-4-12(17)15-11/h9-11H,2-8,14H2,1H3,(H,15,17)/t9?,10?,11-/m1/s1. The van der Waals surface area contributed by atoms with Crippen LogP contribution in [0.4, 0.5) is 0 Å². The lowest BCUT2D eigenvalue weighted by molar-refractivity contribution is -0.138. The molecule has 2 fully saturated rings. The number of carbonyl (C=O) groups is 2. The first kappa shape index (κ1) is 13.3. The second-order valence-electron chi connectivity index (χ2n) is 5.38. The summed E-state index contributed by atoms with van der Waals surface area (Å²) >= 11 is 0. The quantitative estimate of drug-likeness (QED) is 0.756. The normalized spacial score (nSPS) is 32.4. The van der Waals surface area contributed by atoms with Gasteiger partial charge in [-0.05, 0) is 25.2 Å². The van der Waals surface area contributed by atoms with E-state index >= 15 is 0 Å². The molecule has 0 aliphatic carbocycles. The van der Waals surface area contributed by atoms with Crippen molar-refractivity contribution in [2.45, 2.75) is 51.1 Å². The zero-order valence-corrected chi connectivity index (χ0v) is 11.0. The van der Waals surface area contributed by atoms with Gasteiger partial charge in [0.1, 0.15) is 6.04 Å². The van der Waals surface area contributed by atoms with Crippen LogP contribution in [0.5, 0.6) is 0 Å². The molecule has 3 atom stereocenters. The van der Waals surface area contributed by atoms with Crippen molar-refractivity contribution >= 4 is 11.8 Å². The van der Waals surface area contributed by atoms with E-state index < -0.39 is 0 Å². The maximum atomic E-state index is 12.4. The Hall–Kier alpha value is -1.10. The monoisotopic (exact) mass is 253 g/mol. The number of amides is 2. The second-order valence-corrected chi connectivity index (χ2v) is 5.38. The van der Waals surface area contributed by atoms with Crippen LogP contribution in [0, 0.1) is 5.92 Å². The van der Waals surface area contributed by atoms with E-state index in [1.807, 2.05) is 4.90 Å². The molecule has 2 aliphatic heterocycles. The number of hydrogen-bond acceptors (Lipinski definition) is 3. The number of nitrogens with one attached hydrogen (secondary N) is 1. The third-order valence-corrected chi connectivity index (χ3v) is 4.25. The largest absolute Gasteiger partial charge is 0.344 e. The Labute approximate surface area is 108 Å². The summed E-state index contributed by atoms with van der Waals surface area (Å²) in [5.41, 5.74) is 5.79. The Kier molecular flexibility index (Phi) is 4.22. The molecule has 0 spiro atoms. The summed E-state index contributed by atoms with van der Waals surface area (Å²) in [7, 11) is 0. The van der Waals surface area contributed by atoms with Crippen molar-refractivity contribution in [3.05, 3.63) is 0 Å². The van der Waals surface area contributed by atoms with Gasteiger partial charge in [-0.2, -0.15) is 0 Å². The summed E-state index contributed by atoms with van der Waals surface area (Å²) in [5, 5.41) is 2.75. The van der Waals surface area contributed by atoms with Crippen LogP contribution in [-0.2, 0) is 9.59 Å². The van der Waals surface area contributed by atoms with Gasteiger partial charge in [0.25, 0.3) is 0 Å². The van der Waals surface area contributed by atoms with E-state index in [9.17, 15) is 9.59 Å². The first-order valence-corrected chi connectivity index (χ1v) is 6.95. The zero-order valence-electron chi connectivity index (χ0n) is 11.0. The lowest BCUT2D eigenvalue weighted by atomic mass is 9.88. The average molecular weight is 253 g/mol. The minimum atomic E-state index is -0.315. The molecule has 2 heterocycles. The van der Waals surface area contributed by atoms with Gasteiger partial charge in [0, 0.05) is 25.6 Å². The molecule has 102 valence electrons. The van der Waals surface area contributed by atoms with Crippen molar-refractivity contribution in [3.8, 4) is 0 Å². The lowest BCUT2D eigenvalue weighted by Gasteiger charge is -2.40. The fourth-order valence-electron chi connectivity index (χ4n) is 3.02. The van der Waals surface area contributed by atoms with Crippen LogP contribution in [0.1, 0.15) is 39.0 Å². The molecule has 0 bridgehead atoms. The molecule has 3 N–H and O–H groups in total. The fraction of sp³-hybridized carbons (Fsp3) is 0.846. The predicted molar refractivity (Wildman–Crippen MR) is 68.7 cm³/mol. The molecule has 0 aromatic heterocycles. The molecule has 0 aromatic carbocycles. The highest BCUT2D eigenvalue weighted by atomic mass is 16.2. The van der Waals surface area contributed by atoms with Crippen molar-refractivity contribution in [3.63, 3.8) is 0 Å². The van der Waals surface area contributed by atoms with Crippen LogP contribution in [0.2, 0.25) is 0 Å². The van der Waals surface area contributed by atoms with E-state index in [0.29, 0.717) is 25.3 Å². The van der Waals surface area contributed by atoms with Gasteiger partial charge in [-0.15, -0.1) is 0 Å². The highest BCUT2D eigenvalue weighted by molar-refractivity contribution is 5.91. The van der Waals surface area contributed by atoms with Crippen molar-refractivity contribution in [2.24, 2.45) is 11.7 Å². The SMILES string of the molecule is CCC1CCN(C(=O)[C@H]2CCC(=O)N2)C(CN)C1. The first-order chi connectivity index (χ1) is 8.65. The fourth-order valence-corrected chi connectivity index (χ4v) is 3.02. The molecule has 0 aromatic rings. The summed E-state index contributed by atoms with van der Waals surface area (Å²) in [6, 6.07) is -0.168. The minimum absolute atomic E-state index is 0.0129. The summed E-state index contributed by atoms with van der Waals surface area (Å²) in [4.78, 5) is 25.4. The summed E-state index contributed by atoms with van der Waals surface area (Å²) in [6.07, 6.45) is 4.30. The molecule has 2 saturated heterocycles. The highest BCUT2D eigenvalue weighted by Crippen LogP contribution is 2.26. The van der Waals surface area contributed by atoms with Crippen LogP contribution in [0.25, 0.3) is 0 Å². The van der Waals surface area contributed by atoms with Crippen LogP contribution in [-0.4, -0.2) is 41.9 Å². The summed E-state index contributed by atoms with van der Waals surface area (Å²) in [5.74, 6) is 0.729. The molecule has 0 saturated carbocycles. The number of likely N-dealkylation sites (tertiary alicyclic amines) is 1. The second kappa shape index (κ2) is 5.69. The molecule has 5 heteroatoms. The van der Waals surface area contributed by atoms with Crippen LogP contribution in [0.15, 0.2) is 0 Å². The number of rotatable bonds is 3. The van der Waals surface area contributed by atoms with Gasteiger partial charge >= 0.3 is 0 Å². The maximum Gasteiger partial charge on any atom is 0.245 e. The Balaban J connectivity index is 1.98. The Bertz CT molecular complexity index is 332. The zero-order chi connectivity index (χ0) is 13.1. The van der Waals surface area contributed by atoms with Gasteiger partial charge in [0.05, 0.1) is 0 Å². The molecular formula is C13H23N3O2. The van der Waals surface area contributed by atoms with E-state index in [1.54, 1.807) is 0 Å². The van der Waals surface area contributed by atoms with E-state index in [-0.39, 0.29) is 23.9 Å². The van der Waals surface area contributed by atoms with Gasteiger partial charge < -0.3 is 16.0 Å². The predicted octanol–water partition coefficient (Wildman–Crippen LogP) is 0.241. The molecule has 2 aliphatic rings. The van der Waals surface area contributed by atoms with E-state index in [0.717, 1.165) is 25.8 Å². The number of nitrogens with two attached hydrogens (primary N) is 1. The van der Waals surface area contributed by atoms with Crippen molar-refractivity contribution in [1.82, 2.24) is 10.2 Å². The van der Waals surface area contributed by atoms with Crippen LogP contribution in [0.3, 0.4) is 0 Å². The minimum Gasteiger partial charge on any atom is -0.344 e. The Morgan fingerprint density at radius 3 is 2.83 bits per heavy atom. The van der Waals surface area contributed by atoms with Gasteiger partial charge in [-0.25, -0.2) is 0 Å². The molecule has 5 nitrogen and oxygen atoms in total. The first-order valence-electron chi connectivity index (χ1n) is 6.95. The number of hydrogen-bond donors (Lipinski definition) is 2. The third kappa shape index (κ3) is 2.66. The smallest absolute Gasteiger partial charge is 0.245 e. The van der Waals surface area contributed by atoms with Crippen LogP contribution < -0.4 is 11.1 Å². The van der Waals surface area contributed by atoms with Crippen molar-refractivity contribution in [1.29, 1.82) is 0 Å². The number of piperidine rings is 1. The maximum absolute atomic E-state index is 12.4. The molecular weight excluding hydrogens is 230 g/mol. The summed E-state index contributed by atoms with van der Waals surface area (Å²) < 4.78 is 0. The lowest BCUT2D eigenvalue weighted by Crippen LogP contribution is -2.54.